The van der Waals surface area contributed by atoms with Crippen LogP contribution in [0.5, 0.6) is 0 Å². The molecule has 4 heterocycles. The molecule has 2 aliphatic heterocycles. The van der Waals surface area contributed by atoms with Crippen LogP contribution >= 0.6 is 12.2 Å². The molecule has 2 aromatic rings. The molecule has 2 aromatic heterocycles. The van der Waals surface area contributed by atoms with E-state index in [1.807, 2.05) is 33.5 Å². The quantitative estimate of drug-likeness (QED) is 0.800. The molecule has 0 atom stereocenters. The molecular formula is C17H23N5OS. The minimum absolute atomic E-state index is 0.202. The van der Waals surface area contributed by atoms with E-state index in [-0.39, 0.29) is 5.92 Å². The molecule has 4 rings (SSSR count). The van der Waals surface area contributed by atoms with Gasteiger partial charge in [-0.2, -0.15) is 5.10 Å². The van der Waals surface area contributed by atoms with E-state index in [1.54, 1.807) is 0 Å². The average Bonchev–Trinajstić information content (AvgIpc) is 3.25. The van der Waals surface area contributed by atoms with Crippen LogP contribution < -0.4 is 0 Å². The number of rotatable bonds is 3. The summed E-state index contributed by atoms with van der Waals surface area (Å²) in [5.74, 6) is 0.574. The molecule has 2 saturated heterocycles. The molecule has 7 heteroatoms. The van der Waals surface area contributed by atoms with Crippen molar-refractivity contribution in [3.63, 3.8) is 0 Å². The Morgan fingerprint density at radius 3 is 2.62 bits per heavy atom. The van der Waals surface area contributed by atoms with E-state index >= 15 is 0 Å². The highest BCUT2D eigenvalue weighted by atomic mass is 32.1. The number of likely N-dealkylation sites (tertiary alicyclic amines) is 2. The van der Waals surface area contributed by atoms with Crippen LogP contribution in [0.3, 0.4) is 0 Å². The summed E-state index contributed by atoms with van der Waals surface area (Å²) in [6, 6.07) is 5.90. The summed E-state index contributed by atoms with van der Waals surface area (Å²) in [7, 11) is 0. The van der Waals surface area contributed by atoms with Crippen LogP contribution in [-0.2, 0) is 11.5 Å². The van der Waals surface area contributed by atoms with Crippen molar-refractivity contribution in [3.05, 3.63) is 29.2 Å². The fraction of sp³-hybridized carbons (Fsp3) is 0.588. The maximum absolute atomic E-state index is 12.5. The standard InChI is InChI=1S/C17H23N5OS/c23-16(20-8-3-4-9-20)14-6-11-19(12-7-14)13-22-17(24)21-10-2-1-5-15(21)18-22/h1-2,5,10,14H,3-4,6-9,11-13H2. The van der Waals surface area contributed by atoms with Gasteiger partial charge in [0.05, 0.1) is 6.67 Å². The first-order chi connectivity index (χ1) is 11.7. The Labute approximate surface area is 146 Å². The first-order valence-corrected chi connectivity index (χ1v) is 9.18. The van der Waals surface area contributed by atoms with Gasteiger partial charge in [-0.25, -0.2) is 4.68 Å². The second kappa shape index (κ2) is 6.64. The highest BCUT2D eigenvalue weighted by Crippen LogP contribution is 2.22. The third-order valence-corrected chi connectivity index (χ3v) is 5.58. The molecule has 0 unspecified atom stereocenters. The summed E-state index contributed by atoms with van der Waals surface area (Å²) in [5, 5.41) is 4.58. The number of hydrogen-bond acceptors (Lipinski definition) is 4. The number of amides is 1. The van der Waals surface area contributed by atoms with E-state index in [9.17, 15) is 4.79 Å². The maximum atomic E-state index is 12.5. The summed E-state index contributed by atoms with van der Waals surface area (Å²) in [5.41, 5.74) is 0.876. The van der Waals surface area contributed by atoms with Crippen LogP contribution in [0.2, 0.25) is 0 Å². The van der Waals surface area contributed by atoms with Gasteiger partial charge in [0.25, 0.3) is 0 Å². The first kappa shape index (κ1) is 15.8. The number of fused-ring (bicyclic) bond motifs is 1. The lowest BCUT2D eigenvalue weighted by Crippen LogP contribution is -2.42. The Hall–Kier alpha value is -1.73. The zero-order valence-corrected chi connectivity index (χ0v) is 14.6. The monoisotopic (exact) mass is 345 g/mol. The number of pyridine rings is 1. The van der Waals surface area contributed by atoms with Crippen molar-refractivity contribution in [3.8, 4) is 0 Å². The van der Waals surface area contributed by atoms with Gasteiger partial charge in [-0.1, -0.05) is 6.07 Å². The largest absolute Gasteiger partial charge is 0.342 e. The van der Waals surface area contributed by atoms with Crippen molar-refractivity contribution < 1.29 is 4.79 Å². The number of carbonyl (C=O) groups is 1. The molecule has 2 fully saturated rings. The van der Waals surface area contributed by atoms with E-state index in [0.717, 1.165) is 62.3 Å². The van der Waals surface area contributed by atoms with Gasteiger partial charge in [0.1, 0.15) is 0 Å². The fourth-order valence-electron chi connectivity index (χ4n) is 3.77. The van der Waals surface area contributed by atoms with Gasteiger partial charge >= 0.3 is 0 Å². The third kappa shape index (κ3) is 2.98. The van der Waals surface area contributed by atoms with E-state index in [4.69, 9.17) is 12.2 Å². The minimum Gasteiger partial charge on any atom is -0.342 e. The van der Waals surface area contributed by atoms with E-state index in [0.29, 0.717) is 12.6 Å². The van der Waals surface area contributed by atoms with E-state index in [1.165, 1.54) is 0 Å². The molecule has 2 aliphatic rings. The van der Waals surface area contributed by atoms with Crippen LogP contribution in [0.4, 0.5) is 0 Å². The fourth-order valence-corrected chi connectivity index (χ4v) is 4.02. The zero-order valence-electron chi connectivity index (χ0n) is 13.8. The van der Waals surface area contributed by atoms with Crippen LogP contribution in [-0.4, -0.2) is 56.1 Å². The summed E-state index contributed by atoms with van der Waals surface area (Å²) in [6.45, 7) is 4.47. The molecule has 0 N–H and O–H groups in total. The number of nitrogens with zero attached hydrogens (tertiary/aromatic N) is 5. The molecule has 128 valence electrons. The topological polar surface area (TPSA) is 45.8 Å². The van der Waals surface area contributed by atoms with Crippen molar-refractivity contribution in [1.29, 1.82) is 0 Å². The molecule has 0 aromatic carbocycles. The molecule has 6 nitrogen and oxygen atoms in total. The Kier molecular flexibility index (Phi) is 4.37. The Morgan fingerprint density at radius 1 is 1.17 bits per heavy atom. The lowest BCUT2D eigenvalue weighted by Gasteiger charge is -2.32. The Bertz CT molecular complexity index is 784. The van der Waals surface area contributed by atoms with Crippen LogP contribution in [0.25, 0.3) is 5.65 Å². The molecule has 0 spiro atoms. The van der Waals surface area contributed by atoms with Gasteiger partial charge < -0.3 is 4.90 Å². The second-order valence-corrected chi connectivity index (χ2v) is 7.14. The van der Waals surface area contributed by atoms with Gasteiger partial charge in [0, 0.05) is 38.3 Å². The number of carbonyl (C=O) groups excluding carboxylic acids is 1. The molecule has 0 bridgehead atoms. The van der Waals surface area contributed by atoms with Gasteiger partial charge in [-0.15, -0.1) is 0 Å². The second-order valence-electron chi connectivity index (χ2n) is 6.78. The molecule has 1 amide bonds. The van der Waals surface area contributed by atoms with Crippen molar-refractivity contribution in [2.45, 2.75) is 32.4 Å². The van der Waals surface area contributed by atoms with Crippen LogP contribution in [0, 0.1) is 10.7 Å². The van der Waals surface area contributed by atoms with Crippen molar-refractivity contribution >= 4 is 23.8 Å². The normalized spacial score (nSPS) is 20.1. The Balaban J connectivity index is 1.38. The van der Waals surface area contributed by atoms with Gasteiger partial charge in [0.15, 0.2) is 5.65 Å². The molecule has 0 saturated carbocycles. The number of hydrogen-bond donors (Lipinski definition) is 0. The maximum Gasteiger partial charge on any atom is 0.225 e. The summed E-state index contributed by atoms with van der Waals surface area (Å²) in [6.07, 6.45) is 6.15. The predicted octanol–water partition coefficient (Wildman–Crippen LogP) is 2.16. The molecule has 24 heavy (non-hydrogen) atoms. The highest BCUT2D eigenvalue weighted by molar-refractivity contribution is 7.71. The predicted molar refractivity (Wildman–Crippen MR) is 94.1 cm³/mol. The lowest BCUT2D eigenvalue weighted by atomic mass is 9.95. The lowest BCUT2D eigenvalue weighted by molar-refractivity contribution is -0.136. The summed E-state index contributed by atoms with van der Waals surface area (Å²) in [4.78, 5) is 16.9. The average molecular weight is 345 g/mol. The number of piperidine rings is 1. The minimum atomic E-state index is 0.202. The van der Waals surface area contributed by atoms with Gasteiger partial charge in [0.2, 0.25) is 10.7 Å². The zero-order chi connectivity index (χ0) is 16.5. The molecular weight excluding hydrogens is 322 g/mol. The van der Waals surface area contributed by atoms with Crippen LogP contribution in [0.1, 0.15) is 25.7 Å². The van der Waals surface area contributed by atoms with Gasteiger partial charge in [-0.05, 0) is 50.0 Å². The van der Waals surface area contributed by atoms with E-state index in [2.05, 4.69) is 14.9 Å². The smallest absolute Gasteiger partial charge is 0.225 e. The Morgan fingerprint density at radius 2 is 1.92 bits per heavy atom. The molecule has 0 aliphatic carbocycles. The highest BCUT2D eigenvalue weighted by Gasteiger charge is 2.29. The first-order valence-electron chi connectivity index (χ1n) is 8.78. The summed E-state index contributed by atoms with van der Waals surface area (Å²) < 4.78 is 4.53. The van der Waals surface area contributed by atoms with Gasteiger partial charge in [-0.3, -0.25) is 14.1 Å². The number of aromatic nitrogens is 3. The van der Waals surface area contributed by atoms with Crippen molar-refractivity contribution in [2.24, 2.45) is 5.92 Å². The van der Waals surface area contributed by atoms with Crippen LogP contribution in [0.15, 0.2) is 24.4 Å². The summed E-state index contributed by atoms with van der Waals surface area (Å²) >= 11 is 5.51. The SMILES string of the molecule is O=C(C1CCN(Cn2nc3ccccn3c2=S)CC1)N1CCCC1. The van der Waals surface area contributed by atoms with Crippen molar-refractivity contribution in [2.75, 3.05) is 26.2 Å². The van der Waals surface area contributed by atoms with Crippen molar-refractivity contribution in [1.82, 2.24) is 24.0 Å². The third-order valence-electron chi connectivity index (χ3n) is 5.18. The van der Waals surface area contributed by atoms with E-state index < -0.39 is 0 Å². The molecule has 0 radical (unpaired) electrons.